The Balaban J connectivity index is 1.84. The SMILES string of the molecule is COc1ncc(CO)c2c1c1ncc(-c3c(C)nnn3C)cc1n2[C@H](C)C1CCOCC1. The van der Waals surface area contributed by atoms with Gasteiger partial charge in [-0.2, -0.15) is 0 Å². The number of aliphatic hydroxyl groups is 1. The summed E-state index contributed by atoms with van der Waals surface area (Å²) in [7, 11) is 3.50. The van der Waals surface area contributed by atoms with Gasteiger partial charge in [0.15, 0.2) is 0 Å². The average molecular weight is 437 g/mol. The Hall–Kier alpha value is -3.04. The summed E-state index contributed by atoms with van der Waals surface area (Å²) >= 11 is 0. The Morgan fingerprint density at radius 3 is 2.69 bits per heavy atom. The van der Waals surface area contributed by atoms with E-state index >= 15 is 0 Å². The Morgan fingerprint density at radius 1 is 1.25 bits per heavy atom. The van der Waals surface area contributed by atoms with Gasteiger partial charge in [0, 0.05) is 49.8 Å². The Morgan fingerprint density at radius 2 is 2.03 bits per heavy atom. The fourth-order valence-corrected chi connectivity index (χ4v) is 5.05. The fraction of sp³-hybridized carbons (Fsp3) is 0.478. The fourth-order valence-electron chi connectivity index (χ4n) is 5.05. The molecule has 0 unspecified atom stereocenters. The predicted molar refractivity (Wildman–Crippen MR) is 120 cm³/mol. The number of methoxy groups -OCH3 is 1. The first kappa shape index (κ1) is 20.8. The van der Waals surface area contributed by atoms with Gasteiger partial charge in [0.25, 0.3) is 0 Å². The van der Waals surface area contributed by atoms with Crippen molar-refractivity contribution in [2.45, 2.75) is 39.3 Å². The predicted octanol–water partition coefficient (Wildman–Crippen LogP) is 3.18. The maximum absolute atomic E-state index is 10.2. The quantitative estimate of drug-likeness (QED) is 0.513. The van der Waals surface area contributed by atoms with Crippen molar-refractivity contribution in [3.8, 4) is 17.1 Å². The number of hydrogen-bond acceptors (Lipinski definition) is 7. The number of aryl methyl sites for hydroxylation is 2. The van der Waals surface area contributed by atoms with Crippen molar-refractivity contribution < 1.29 is 14.6 Å². The van der Waals surface area contributed by atoms with Gasteiger partial charge >= 0.3 is 0 Å². The molecule has 5 rings (SSSR count). The molecule has 32 heavy (non-hydrogen) atoms. The molecule has 1 aliphatic rings. The van der Waals surface area contributed by atoms with Crippen LogP contribution in [0.3, 0.4) is 0 Å². The van der Waals surface area contributed by atoms with Crippen LogP contribution in [-0.4, -0.2) is 55.0 Å². The molecule has 0 saturated carbocycles. The van der Waals surface area contributed by atoms with Crippen LogP contribution in [0.5, 0.6) is 5.88 Å². The zero-order valence-corrected chi connectivity index (χ0v) is 18.9. The number of rotatable bonds is 5. The molecule has 1 saturated heterocycles. The van der Waals surface area contributed by atoms with Gasteiger partial charge in [-0.15, -0.1) is 5.10 Å². The van der Waals surface area contributed by atoms with Crippen LogP contribution in [0.25, 0.3) is 33.2 Å². The third kappa shape index (κ3) is 3.15. The summed E-state index contributed by atoms with van der Waals surface area (Å²) in [6, 6.07) is 2.32. The first-order valence-corrected chi connectivity index (χ1v) is 11.0. The topological polar surface area (TPSA) is 100 Å². The van der Waals surface area contributed by atoms with Crippen LogP contribution < -0.4 is 4.74 Å². The summed E-state index contributed by atoms with van der Waals surface area (Å²) in [5, 5.41) is 19.4. The van der Waals surface area contributed by atoms with Crippen molar-refractivity contribution in [3.05, 3.63) is 29.7 Å². The molecule has 5 heterocycles. The maximum atomic E-state index is 10.2. The van der Waals surface area contributed by atoms with Crippen LogP contribution >= 0.6 is 0 Å². The van der Waals surface area contributed by atoms with Crippen LogP contribution in [-0.2, 0) is 18.4 Å². The summed E-state index contributed by atoms with van der Waals surface area (Å²) in [5.41, 5.74) is 6.22. The van der Waals surface area contributed by atoms with E-state index in [1.165, 1.54) is 0 Å². The lowest BCUT2D eigenvalue weighted by Gasteiger charge is -2.30. The third-order valence-corrected chi connectivity index (χ3v) is 6.69. The lowest BCUT2D eigenvalue weighted by Crippen LogP contribution is -2.24. The van der Waals surface area contributed by atoms with Crippen LogP contribution in [0.4, 0.5) is 0 Å². The highest BCUT2D eigenvalue weighted by Gasteiger charge is 2.28. The first-order chi connectivity index (χ1) is 15.5. The summed E-state index contributed by atoms with van der Waals surface area (Å²) in [5.74, 6) is 0.968. The minimum absolute atomic E-state index is 0.109. The van der Waals surface area contributed by atoms with E-state index in [2.05, 4.69) is 32.9 Å². The van der Waals surface area contributed by atoms with E-state index in [-0.39, 0.29) is 12.6 Å². The van der Waals surface area contributed by atoms with Gasteiger partial charge in [0.2, 0.25) is 5.88 Å². The minimum atomic E-state index is -0.109. The van der Waals surface area contributed by atoms with Crippen molar-refractivity contribution in [1.82, 2.24) is 29.5 Å². The van der Waals surface area contributed by atoms with Crippen LogP contribution in [0, 0.1) is 12.8 Å². The molecule has 4 aromatic rings. The van der Waals surface area contributed by atoms with E-state index in [0.29, 0.717) is 11.8 Å². The molecule has 0 bridgehead atoms. The summed E-state index contributed by atoms with van der Waals surface area (Å²) < 4.78 is 15.3. The Labute approximate surface area is 186 Å². The third-order valence-electron chi connectivity index (χ3n) is 6.69. The van der Waals surface area contributed by atoms with E-state index < -0.39 is 0 Å². The van der Waals surface area contributed by atoms with Gasteiger partial charge in [-0.25, -0.2) is 9.67 Å². The highest BCUT2D eigenvalue weighted by atomic mass is 16.5. The van der Waals surface area contributed by atoms with Crippen LogP contribution in [0.15, 0.2) is 18.5 Å². The molecule has 4 aromatic heterocycles. The van der Waals surface area contributed by atoms with Gasteiger partial charge in [-0.3, -0.25) is 4.98 Å². The monoisotopic (exact) mass is 436 g/mol. The van der Waals surface area contributed by atoms with Gasteiger partial charge in [0.1, 0.15) is 5.52 Å². The lowest BCUT2D eigenvalue weighted by molar-refractivity contribution is 0.0524. The second-order valence-corrected chi connectivity index (χ2v) is 8.47. The molecule has 1 aliphatic heterocycles. The van der Waals surface area contributed by atoms with Crippen molar-refractivity contribution in [1.29, 1.82) is 0 Å². The van der Waals surface area contributed by atoms with E-state index in [1.54, 1.807) is 18.0 Å². The summed E-state index contributed by atoms with van der Waals surface area (Å²) in [6.45, 7) is 5.62. The van der Waals surface area contributed by atoms with Crippen molar-refractivity contribution in [2.24, 2.45) is 13.0 Å². The molecule has 1 N–H and O–H groups in total. The number of pyridine rings is 2. The molecule has 0 aliphatic carbocycles. The molecule has 0 aromatic carbocycles. The van der Waals surface area contributed by atoms with E-state index in [0.717, 1.165) is 70.5 Å². The number of aromatic nitrogens is 6. The average Bonchev–Trinajstić information content (AvgIpc) is 3.34. The summed E-state index contributed by atoms with van der Waals surface area (Å²) in [6.07, 6.45) is 5.54. The summed E-state index contributed by atoms with van der Waals surface area (Å²) in [4.78, 5) is 9.32. The number of nitrogens with zero attached hydrogens (tertiary/aromatic N) is 6. The van der Waals surface area contributed by atoms with Crippen LogP contribution in [0.1, 0.15) is 37.1 Å². The van der Waals surface area contributed by atoms with Gasteiger partial charge in [-0.05, 0) is 38.7 Å². The largest absolute Gasteiger partial charge is 0.480 e. The molecular weight excluding hydrogens is 408 g/mol. The Bertz CT molecular complexity index is 1270. The molecular formula is C23H28N6O3. The van der Waals surface area contributed by atoms with Crippen molar-refractivity contribution >= 4 is 21.9 Å². The number of ether oxygens (including phenoxy) is 2. The van der Waals surface area contributed by atoms with Crippen LogP contribution in [0.2, 0.25) is 0 Å². The molecule has 0 radical (unpaired) electrons. The molecule has 0 spiro atoms. The zero-order valence-electron chi connectivity index (χ0n) is 18.9. The number of fused-ring (bicyclic) bond motifs is 3. The standard InChI is InChI=1S/C23H28N6O3/c1-13-21(28(3)27-26-13)16-9-18-20(24-10-16)19-22(17(12-30)11-25-23(19)31-4)29(18)14(2)15-5-7-32-8-6-15/h9-11,14-15,30H,5-8,12H2,1-4H3/t14-/m1/s1. The van der Waals surface area contributed by atoms with Crippen molar-refractivity contribution in [3.63, 3.8) is 0 Å². The molecule has 1 fully saturated rings. The second-order valence-electron chi connectivity index (χ2n) is 8.47. The molecule has 1 atom stereocenters. The maximum Gasteiger partial charge on any atom is 0.224 e. The van der Waals surface area contributed by atoms with E-state index in [9.17, 15) is 5.11 Å². The lowest BCUT2D eigenvalue weighted by atomic mass is 9.92. The van der Waals surface area contributed by atoms with Crippen molar-refractivity contribution in [2.75, 3.05) is 20.3 Å². The highest BCUT2D eigenvalue weighted by molar-refractivity contribution is 6.10. The van der Waals surface area contributed by atoms with Gasteiger partial charge in [-0.1, -0.05) is 5.21 Å². The molecule has 0 amide bonds. The van der Waals surface area contributed by atoms with E-state index in [4.69, 9.17) is 14.5 Å². The highest BCUT2D eigenvalue weighted by Crippen LogP contribution is 2.41. The first-order valence-electron chi connectivity index (χ1n) is 11.0. The van der Waals surface area contributed by atoms with Gasteiger partial charge in [0.05, 0.1) is 41.5 Å². The minimum Gasteiger partial charge on any atom is -0.480 e. The second kappa shape index (κ2) is 8.14. The number of aliphatic hydroxyl groups excluding tert-OH is 1. The number of hydrogen-bond donors (Lipinski definition) is 1. The smallest absolute Gasteiger partial charge is 0.224 e. The molecule has 168 valence electrons. The van der Waals surface area contributed by atoms with Gasteiger partial charge < -0.3 is 19.1 Å². The van der Waals surface area contributed by atoms with E-state index in [1.807, 2.05) is 20.2 Å². The molecule has 9 nitrogen and oxygen atoms in total. The Kier molecular flexibility index (Phi) is 5.30. The normalized spacial score (nSPS) is 16.2. The molecule has 9 heteroatoms. The zero-order chi connectivity index (χ0) is 22.4.